The minimum Gasteiger partial charge on any atom is -0.390 e. The minimum absolute atomic E-state index is 0.0871. The number of carbonyl (C=O) groups is 1. The first-order valence-corrected chi connectivity index (χ1v) is 10.3. The van der Waals surface area contributed by atoms with E-state index in [4.69, 9.17) is 0 Å². The summed E-state index contributed by atoms with van der Waals surface area (Å²) in [5.41, 5.74) is -0.310. The van der Waals surface area contributed by atoms with Gasteiger partial charge >= 0.3 is 6.03 Å². The summed E-state index contributed by atoms with van der Waals surface area (Å²) in [6.07, 6.45) is 10.4. The van der Waals surface area contributed by atoms with Crippen LogP contribution in [0.5, 0.6) is 0 Å². The second-order valence-corrected chi connectivity index (χ2v) is 10.3. The first-order chi connectivity index (χ1) is 11.5. The fourth-order valence-corrected chi connectivity index (χ4v) is 7.48. The van der Waals surface area contributed by atoms with Crippen LogP contribution in [-0.2, 0) is 0 Å². The van der Waals surface area contributed by atoms with E-state index in [1.807, 2.05) is 0 Å². The van der Waals surface area contributed by atoms with Gasteiger partial charge in [0.2, 0.25) is 0 Å². The van der Waals surface area contributed by atoms with Crippen LogP contribution in [0.15, 0.2) is 0 Å². The Morgan fingerprint density at radius 3 is 2.25 bits per heavy atom. The Labute approximate surface area is 144 Å². The maximum Gasteiger partial charge on any atom is 0.321 e. The van der Waals surface area contributed by atoms with Crippen molar-refractivity contribution in [3.05, 3.63) is 0 Å². The summed E-state index contributed by atoms with van der Waals surface area (Å²) in [4.78, 5) is 18.0. The molecule has 7 fully saturated rings. The number of amides is 2. The van der Waals surface area contributed by atoms with E-state index in [2.05, 4.69) is 16.7 Å². The predicted octanol–water partition coefficient (Wildman–Crippen LogP) is 2.99. The summed E-state index contributed by atoms with van der Waals surface area (Å²) in [5.74, 6) is 2.55. The van der Waals surface area contributed by atoms with Crippen molar-refractivity contribution in [2.45, 2.75) is 87.9 Å². The van der Waals surface area contributed by atoms with Crippen molar-refractivity contribution in [2.24, 2.45) is 23.7 Å². The summed E-state index contributed by atoms with van der Waals surface area (Å²) in [6, 6.07) is 1.28. The zero-order valence-corrected chi connectivity index (χ0v) is 14.8. The molecule has 6 aliphatic carbocycles. The van der Waals surface area contributed by atoms with E-state index in [0.29, 0.717) is 30.0 Å². The number of aliphatic hydroxyl groups is 1. The van der Waals surface area contributed by atoms with Gasteiger partial charge in [0.05, 0.1) is 11.1 Å². The van der Waals surface area contributed by atoms with E-state index in [0.717, 1.165) is 37.6 Å². The molecule has 4 nitrogen and oxygen atoms in total. The molecule has 132 valence electrons. The molecule has 6 saturated carbocycles. The van der Waals surface area contributed by atoms with Crippen LogP contribution in [0.1, 0.15) is 64.7 Å². The molecule has 4 bridgehead atoms. The lowest BCUT2D eigenvalue weighted by Crippen LogP contribution is -2.62. The van der Waals surface area contributed by atoms with Crippen LogP contribution < -0.4 is 0 Å². The van der Waals surface area contributed by atoms with Crippen LogP contribution >= 0.6 is 0 Å². The Bertz CT molecular complexity index is 582. The second kappa shape index (κ2) is 4.31. The largest absolute Gasteiger partial charge is 0.390 e. The summed E-state index contributed by atoms with van der Waals surface area (Å²) in [7, 11) is 0. The van der Waals surface area contributed by atoms with Crippen LogP contribution in [0.2, 0.25) is 0 Å². The van der Waals surface area contributed by atoms with E-state index in [-0.39, 0.29) is 5.54 Å². The highest BCUT2D eigenvalue weighted by molar-refractivity contribution is 5.79. The smallest absolute Gasteiger partial charge is 0.321 e. The van der Waals surface area contributed by atoms with Gasteiger partial charge in [0.15, 0.2) is 0 Å². The number of carbonyl (C=O) groups excluding carboxylic acids is 1. The molecule has 0 spiro atoms. The standard InChI is InChI=1S/C20H30N2O2/c1-19(15-2-3-15)11-21(18(23)22(19)16-4-5-16)17-13-6-12-7-14(17)10-20(24,8-12)9-13/h12-17,24H,2-11H2,1H3. The van der Waals surface area contributed by atoms with Crippen molar-refractivity contribution < 1.29 is 9.90 Å². The molecule has 2 amide bonds. The van der Waals surface area contributed by atoms with Crippen LogP contribution in [0, 0.1) is 23.7 Å². The maximum absolute atomic E-state index is 13.4. The van der Waals surface area contributed by atoms with Crippen molar-refractivity contribution in [1.29, 1.82) is 0 Å². The SMILES string of the molecule is CC1(C2CC2)CN(C2C3CC4CC2CC(O)(C4)C3)C(=O)N1C1CC1. The van der Waals surface area contributed by atoms with Crippen LogP contribution in [0.3, 0.4) is 0 Å². The van der Waals surface area contributed by atoms with Gasteiger partial charge in [-0.25, -0.2) is 4.79 Å². The molecule has 1 heterocycles. The lowest BCUT2D eigenvalue weighted by Gasteiger charge is -2.59. The highest BCUT2D eigenvalue weighted by Crippen LogP contribution is 2.59. The average Bonchev–Trinajstić information content (AvgIpc) is 3.37. The zero-order chi connectivity index (χ0) is 16.3. The van der Waals surface area contributed by atoms with Gasteiger partial charge in [-0.15, -0.1) is 0 Å². The van der Waals surface area contributed by atoms with Gasteiger partial charge in [0.1, 0.15) is 0 Å². The number of hydrogen-bond acceptors (Lipinski definition) is 2. The fourth-order valence-electron chi connectivity index (χ4n) is 7.48. The van der Waals surface area contributed by atoms with Crippen LogP contribution in [-0.4, -0.2) is 50.7 Å². The van der Waals surface area contributed by atoms with Crippen molar-refractivity contribution in [3.8, 4) is 0 Å². The minimum atomic E-state index is -0.397. The van der Waals surface area contributed by atoms with Crippen LogP contribution in [0.25, 0.3) is 0 Å². The Balaban J connectivity index is 1.33. The monoisotopic (exact) mass is 330 g/mol. The molecular formula is C20H30N2O2. The molecule has 3 unspecified atom stereocenters. The topological polar surface area (TPSA) is 43.8 Å². The summed E-state index contributed by atoms with van der Waals surface area (Å²) in [5, 5.41) is 10.9. The number of nitrogens with zero attached hydrogens (tertiary/aromatic N) is 2. The molecule has 0 aromatic carbocycles. The Morgan fingerprint density at radius 1 is 1.04 bits per heavy atom. The molecule has 24 heavy (non-hydrogen) atoms. The van der Waals surface area contributed by atoms with Crippen molar-refractivity contribution >= 4 is 6.03 Å². The molecule has 7 rings (SSSR count). The number of urea groups is 1. The van der Waals surface area contributed by atoms with Gasteiger partial charge < -0.3 is 14.9 Å². The normalized spacial score (nSPS) is 53.3. The molecule has 0 aromatic rings. The maximum atomic E-state index is 13.4. The van der Waals surface area contributed by atoms with Gasteiger partial charge in [-0.3, -0.25) is 0 Å². The van der Waals surface area contributed by atoms with Gasteiger partial charge in [-0.1, -0.05) is 0 Å². The average molecular weight is 330 g/mol. The lowest BCUT2D eigenvalue weighted by atomic mass is 9.52. The number of rotatable bonds is 3. The van der Waals surface area contributed by atoms with Gasteiger partial charge in [-0.05, 0) is 88.4 Å². The highest BCUT2D eigenvalue weighted by Gasteiger charge is 2.63. The van der Waals surface area contributed by atoms with Crippen molar-refractivity contribution in [3.63, 3.8) is 0 Å². The Morgan fingerprint density at radius 2 is 1.71 bits per heavy atom. The highest BCUT2D eigenvalue weighted by atomic mass is 16.3. The Kier molecular flexibility index (Phi) is 2.59. The third kappa shape index (κ3) is 1.81. The first-order valence-electron chi connectivity index (χ1n) is 10.3. The molecular weight excluding hydrogens is 300 g/mol. The third-order valence-electron chi connectivity index (χ3n) is 8.41. The predicted molar refractivity (Wildman–Crippen MR) is 90.4 cm³/mol. The van der Waals surface area contributed by atoms with Gasteiger partial charge in [-0.2, -0.15) is 0 Å². The van der Waals surface area contributed by atoms with Gasteiger partial charge in [0.25, 0.3) is 0 Å². The van der Waals surface area contributed by atoms with E-state index < -0.39 is 5.60 Å². The summed E-state index contributed by atoms with van der Waals surface area (Å²) >= 11 is 0. The van der Waals surface area contributed by atoms with E-state index in [9.17, 15) is 9.90 Å². The molecule has 7 aliphatic rings. The molecule has 1 N–H and O–H groups in total. The fraction of sp³-hybridized carbons (Fsp3) is 0.950. The zero-order valence-electron chi connectivity index (χ0n) is 14.8. The molecule has 1 aliphatic heterocycles. The Hall–Kier alpha value is -0.770. The molecule has 4 heteroatoms. The quantitative estimate of drug-likeness (QED) is 0.864. The third-order valence-corrected chi connectivity index (χ3v) is 8.41. The summed E-state index contributed by atoms with van der Waals surface area (Å²) in [6.45, 7) is 3.32. The lowest BCUT2D eigenvalue weighted by molar-refractivity contribution is -0.152. The second-order valence-electron chi connectivity index (χ2n) is 10.3. The van der Waals surface area contributed by atoms with Gasteiger partial charge in [0, 0.05) is 18.6 Å². The molecule has 3 atom stereocenters. The van der Waals surface area contributed by atoms with Crippen molar-refractivity contribution in [1.82, 2.24) is 9.80 Å². The first kappa shape index (κ1) is 14.4. The molecule has 0 radical (unpaired) electrons. The van der Waals surface area contributed by atoms with E-state index in [1.165, 1.54) is 38.5 Å². The number of hydrogen-bond donors (Lipinski definition) is 1. The molecule has 0 aromatic heterocycles. The van der Waals surface area contributed by atoms with Crippen LogP contribution in [0.4, 0.5) is 4.79 Å². The van der Waals surface area contributed by atoms with E-state index >= 15 is 0 Å². The summed E-state index contributed by atoms with van der Waals surface area (Å²) < 4.78 is 0. The van der Waals surface area contributed by atoms with Crippen molar-refractivity contribution in [2.75, 3.05) is 6.54 Å². The van der Waals surface area contributed by atoms with E-state index in [1.54, 1.807) is 0 Å². The molecule has 1 saturated heterocycles.